The number of rotatable bonds is 9. The molecule has 0 aliphatic carbocycles. The maximum Gasteiger partial charge on any atom is 0.240 e. The summed E-state index contributed by atoms with van der Waals surface area (Å²) in [6.45, 7) is 6.89. The fraction of sp³-hybridized carbons (Fsp3) is 0.417. The van der Waals surface area contributed by atoms with Crippen molar-refractivity contribution in [2.24, 2.45) is 0 Å². The Kier molecular flexibility index (Phi) is 8.34. The van der Waals surface area contributed by atoms with E-state index >= 15 is 0 Å². The zero-order valence-corrected chi connectivity index (χ0v) is 18.7. The number of fused-ring (bicyclic) bond motifs is 1. The molecular weight excluding hydrogens is 394 g/mol. The number of anilines is 1. The minimum Gasteiger partial charge on any atom is -0.355 e. The minimum absolute atomic E-state index is 0.0106. The molecular formula is C24H31N3O2S. The first-order valence-electron chi connectivity index (χ1n) is 10.6. The second kappa shape index (κ2) is 11.2. The molecule has 0 saturated carbocycles. The highest BCUT2D eigenvalue weighted by Gasteiger charge is 2.24. The van der Waals surface area contributed by atoms with E-state index < -0.39 is 0 Å². The second-order valence-corrected chi connectivity index (χ2v) is 8.94. The summed E-state index contributed by atoms with van der Waals surface area (Å²) in [5, 5.41) is 2.99. The molecule has 1 aliphatic heterocycles. The Morgan fingerprint density at radius 1 is 1.13 bits per heavy atom. The first-order chi connectivity index (χ1) is 14.5. The molecule has 1 N–H and O–H groups in total. The lowest BCUT2D eigenvalue weighted by molar-refractivity contribution is -0.123. The number of carbonyl (C=O) groups excluding carboxylic acids is 2. The van der Waals surface area contributed by atoms with Crippen molar-refractivity contribution in [2.45, 2.75) is 44.2 Å². The number of benzene rings is 2. The number of carbonyl (C=O) groups is 2. The zero-order valence-electron chi connectivity index (χ0n) is 17.8. The third-order valence-electron chi connectivity index (χ3n) is 5.24. The van der Waals surface area contributed by atoms with Gasteiger partial charge >= 0.3 is 0 Å². The lowest BCUT2D eigenvalue weighted by Gasteiger charge is -2.27. The van der Waals surface area contributed by atoms with E-state index in [1.807, 2.05) is 30.3 Å². The molecule has 0 saturated heterocycles. The highest BCUT2D eigenvalue weighted by molar-refractivity contribution is 7.99. The quantitative estimate of drug-likeness (QED) is 0.619. The van der Waals surface area contributed by atoms with Crippen LogP contribution in [-0.2, 0) is 16.1 Å². The number of hydrogen-bond acceptors (Lipinski definition) is 4. The standard InChI is InChI=1S/C24H31N3O2S/c1-19(2)26(17-20-9-4-3-5-10-20)15-8-14-25-23(28)18-27-21-11-6-7-12-22(21)30-16-13-24(27)29/h3-7,9-12,19H,8,13-18H2,1-2H3,(H,25,28). The number of para-hydroxylation sites is 1. The van der Waals surface area contributed by atoms with E-state index in [1.165, 1.54) is 5.56 Å². The maximum absolute atomic E-state index is 12.5. The monoisotopic (exact) mass is 425 g/mol. The van der Waals surface area contributed by atoms with Gasteiger partial charge in [0.25, 0.3) is 0 Å². The van der Waals surface area contributed by atoms with Crippen LogP contribution in [0.3, 0.4) is 0 Å². The molecule has 1 aliphatic rings. The molecule has 0 bridgehead atoms. The van der Waals surface area contributed by atoms with Crippen LogP contribution >= 0.6 is 11.8 Å². The van der Waals surface area contributed by atoms with Crippen LogP contribution in [0.25, 0.3) is 0 Å². The minimum atomic E-state index is -0.107. The Bertz CT molecular complexity index is 841. The van der Waals surface area contributed by atoms with Crippen molar-refractivity contribution in [3.05, 3.63) is 60.2 Å². The van der Waals surface area contributed by atoms with Crippen LogP contribution in [0.4, 0.5) is 5.69 Å². The van der Waals surface area contributed by atoms with Gasteiger partial charge in [-0.3, -0.25) is 14.5 Å². The van der Waals surface area contributed by atoms with Crippen molar-refractivity contribution in [1.29, 1.82) is 0 Å². The largest absolute Gasteiger partial charge is 0.355 e. The molecule has 0 fully saturated rings. The van der Waals surface area contributed by atoms with Gasteiger partial charge in [-0.1, -0.05) is 42.5 Å². The van der Waals surface area contributed by atoms with Crippen LogP contribution in [0.5, 0.6) is 0 Å². The van der Waals surface area contributed by atoms with Gasteiger partial charge in [-0.2, -0.15) is 0 Å². The van der Waals surface area contributed by atoms with Gasteiger partial charge in [0.2, 0.25) is 11.8 Å². The van der Waals surface area contributed by atoms with E-state index in [1.54, 1.807) is 16.7 Å². The second-order valence-electron chi connectivity index (χ2n) is 7.80. The summed E-state index contributed by atoms with van der Waals surface area (Å²) in [7, 11) is 0. The first-order valence-corrected chi connectivity index (χ1v) is 11.6. The molecule has 0 unspecified atom stereocenters. The summed E-state index contributed by atoms with van der Waals surface area (Å²) < 4.78 is 0. The van der Waals surface area contributed by atoms with Crippen molar-refractivity contribution in [3.8, 4) is 0 Å². The topological polar surface area (TPSA) is 52.7 Å². The Hall–Kier alpha value is -2.31. The number of nitrogens with one attached hydrogen (secondary N) is 1. The predicted molar refractivity (Wildman–Crippen MR) is 124 cm³/mol. The van der Waals surface area contributed by atoms with Crippen molar-refractivity contribution in [3.63, 3.8) is 0 Å². The predicted octanol–water partition coefficient (Wildman–Crippen LogP) is 3.93. The van der Waals surface area contributed by atoms with Gasteiger partial charge < -0.3 is 10.2 Å². The van der Waals surface area contributed by atoms with Gasteiger partial charge in [0.15, 0.2) is 0 Å². The Morgan fingerprint density at radius 2 is 1.87 bits per heavy atom. The normalized spacial score (nSPS) is 14.0. The van der Waals surface area contributed by atoms with Gasteiger partial charge in [-0.05, 0) is 38.0 Å². The van der Waals surface area contributed by atoms with Gasteiger partial charge in [0.1, 0.15) is 6.54 Å². The molecule has 0 spiro atoms. The summed E-state index contributed by atoms with van der Waals surface area (Å²) in [4.78, 5) is 30.1. The van der Waals surface area contributed by atoms with Crippen molar-refractivity contribution in [1.82, 2.24) is 10.2 Å². The summed E-state index contributed by atoms with van der Waals surface area (Å²) in [5.41, 5.74) is 2.14. The van der Waals surface area contributed by atoms with Gasteiger partial charge in [-0.15, -0.1) is 11.8 Å². The lowest BCUT2D eigenvalue weighted by atomic mass is 10.2. The highest BCUT2D eigenvalue weighted by atomic mass is 32.2. The van der Waals surface area contributed by atoms with Crippen LogP contribution in [0.15, 0.2) is 59.5 Å². The first kappa shape index (κ1) is 22.4. The van der Waals surface area contributed by atoms with E-state index in [9.17, 15) is 9.59 Å². The SMILES string of the molecule is CC(C)N(CCCNC(=O)CN1C(=O)CCSc2ccccc21)Cc1ccccc1. The van der Waals surface area contributed by atoms with Crippen LogP contribution in [0.2, 0.25) is 0 Å². The Labute approximate surface area is 183 Å². The highest BCUT2D eigenvalue weighted by Crippen LogP contribution is 2.33. The summed E-state index contributed by atoms with van der Waals surface area (Å²) >= 11 is 1.67. The number of amides is 2. The molecule has 6 heteroatoms. The van der Waals surface area contributed by atoms with Crippen molar-refractivity contribution in [2.75, 3.05) is 30.3 Å². The zero-order chi connectivity index (χ0) is 21.3. The average molecular weight is 426 g/mol. The van der Waals surface area contributed by atoms with Crippen LogP contribution in [-0.4, -0.2) is 48.1 Å². The van der Waals surface area contributed by atoms with E-state index in [0.29, 0.717) is 19.0 Å². The summed E-state index contributed by atoms with van der Waals surface area (Å²) in [6, 6.07) is 18.7. The molecule has 5 nitrogen and oxygen atoms in total. The fourth-order valence-electron chi connectivity index (χ4n) is 3.54. The van der Waals surface area contributed by atoms with Gasteiger partial charge in [-0.25, -0.2) is 0 Å². The average Bonchev–Trinajstić information content (AvgIpc) is 2.90. The van der Waals surface area contributed by atoms with Crippen molar-refractivity contribution < 1.29 is 9.59 Å². The third-order valence-corrected chi connectivity index (χ3v) is 6.30. The number of hydrogen-bond donors (Lipinski definition) is 1. The molecule has 0 aromatic heterocycles. The molecule has 2 aromatic carbocycles. The Balaban J connectivity index is 1.48. The molecule has 30 heavy (non-hydrogen) atoms. The summed E-state index contributed by atoms with van der Waals surface area (Å²) in [6.07, 6.45) is 1.33. The van der Waals surface area contributed by atoms with Gasteiger partial charge in [0, 0.05) is 42.7 Å². The molecule has 2 aromatic rings. The van der Waals surface area contributed by atoms with E-state index in [4.69, 9.17) is 0 Å². The van der Waals surface area contributed by atoms with E-state index in [0.717, 1.165) is 35.8 Å². The number of nitrogens with zero attached hydrogens (tertiary/aromatic N) is 2. The number of thioether (sulfide) groups is 1. The van der Waals surface area contributed by atoms with Crippen LogP contribution in [0, 0.1) is 0 Å². The van der Waals surface area contributed by atoms with Crippen LogP contribution < -0.4 is 10.2 Å². The molecule has 2 amide bonds. The molecule has 0 radical (unpaired) electrons. The maximum atomic E-state index is 12.5. The molecule has 0 atom stereocenters. The summed E-state index contributed by atoms with van der Waals surface area (Å²) in [5.74, 6) is 0.654. The van der Waals surface area contributed by atoms with E-state index in [-0.39, 0.29) is 18.4 Å². The molecule has 160 valence electrons. The smallest absolute Gasteiger partial charge is 0.240 e. The van der Waals surface area contributed by atoms with Crippen LogP contribution in [0.1, 0.15) is 32.3 Å². The third kappa shape index (κ3) is 6.34. The lowest BCUT2D eigenvalue weighted by Crippen LogP contribution is -2.41. The fourth-order valence-corrected chi connectivity index (χ4v) is 4.54. The van der Waals surface area contributed by atoms with Crippen molar-refractivity contribution >= 4 is 29.3 Å². The molecule has 3 rings (SSSR count). The van der Waals surface area contributed by atoms with E-state index in [2.05, 4.69) is 48.3 Å². The Morgan fingerprint density at radius 3 is 2.63 bits per heavy atom. The van der Waals surface area contributed by atoms with Gasteiger partial charge in [0.05, 0.1) is 5.69 Å². The molecule has 1 heterocycles.